The van der Waals surface area contributed by atoms with Crippen LogP contribution in [0.3, 0.4) is 0 Å². The van der Waals surface area contributed by atoms with Crippen LogP contribution in [0.1, 0.15) is 38.7 Å². The molecule has 0 unspecified atom stereocenters. The molecule has 0 aliphatic carbocycles. The van der Waals surface area contributed by atoms with Crippen molar-refractivity contribution in [2.24, 2.45) is 11.7 Å². The fourth-order valence-corrected chi connectivity index (χ4v) is 2.26. The van der Waals surface area contributed by atoms with E-state index in [1.165, 1.54) is 0 Å². The zero-order chi connectivity index (χ0) is 16.4. The van der Waals surface area contributed by atoms with Gasteiger partial charge in [-0.2, -0.15) is 0 Å². The molecule has 1 aromatic heterocycles. The second kappa shape index (κ2) is 9.76. The topological polar surface area (TPSA) is 104 Å². The number of nitrogens with two attached hydrogens (primary N) is 1. The molecule has 0 spiro atoms. The van der Waals surface area contributed by atoms with Gasteiger partial charge >= 0.3 is 0 Å². The number of carbonyl (C=O) groups is 1. The molecule has 0 radical (unpaired) electrons. The van der Waals surface area contributed by atoms with E-state index in [0.29, 0.717) is 13.0 Å². The van der Waals surface area contributed by atoms with Gasteiger partial charge in [0, 0.05) is 30.9 Å². The summed E-state index contributed by atoms with van der Waals surface area (Å²) >= 11 is 0. The third-order valence-electron chi connectivity index (χ3n) is 3.60. The molecule has 1 heterocycles. The van der Waals surface area contributed by atoms with E-state index in [4.69, 9.17) is 11.1 Å². The number of hydrogen-bond donors (Lipinski definition) is 4. The van der Waals surface area contributed by atoms with Crippen LogP contribution >= 0.6 is 0 Å². The summed E-state index contributed by atoms with van der Waals surface area (Å²) in [5.74, 6) is -0.00833. The Kier molecular flexibility index (Phi) is 7.96. The molecule has 1 rings (SSSR count). The van der Waals surface area contributed by atoms with Crippen LogP contribution in [0.25, 0.3) is 0 Å². The van der Waals surface area contributed by atoms with Crippen molar-refractivity contribution < 1.29 is 4.79 Å². The van der Waals surface area contributed by atoms with E-state index in [1.807, 2.05) is 19.1 Å². The van der Waals surface area contributed by atoms with E-state index in [2.05, 4.69) is 22.5 Å². The van der Waals surface area contributed by atoms with Crippen LogP contribution in [0, 0.1) is 11.3 Å². The molecular formula is C16H27N5O. The Labute approximate surface area is 132 Å². The second-order valence-corrected chi connectivity index (χ2v) is 5.56. The minimum Gasteiger partial charge on any atom is -0.370 e. The Morgan fingerprint density at radius 2 is 2.27 bits per heavy atom. The smallest absolute Gasteiger partial charge is 0.223 e. The lowest BCUT2D eigenvalue weighted by atomic mass is 10.0. The van der Waals surface area contributed by atoms with Gasteiger partial charge in [0.15, 0.2) is 5.96 Å². The van der Waals surface area contributed by atoms with Gasteiger partial charge in [-0.3, -0.25) is 15.2 Å². The Bertz CT molecular complexity index is 463. The van der Waals surface area contributed by atoms with E-state index in [0.717, 1.165) is 24.8 Å². The second-order valence-electron chi connectivity index (χ2n) is 5.56. The van der Waals surface area contributed by atoms with E-state index in [9.17, 15) is 4.79 Å². The first-order valence-electron chi connectivity index (χ1n) is 7.80. The van der Waals surface area contributed by atoms with Gasteiger partial charge in [-0.15, -0.1) is 0 Å². The largest absolute Gasteiger partial charge is 0.370 e. The van der Waals surface area contributed by atoms with Gasteiger partial charge in [-0.1, -0.05) is 19.9 Å². The standard InChI is InChI=1S/C16H27N5O/c1-3-14(7-5-9-20-16(17)18)21-15(22)12(2)10-13-6-4-8-19-11-13/h4,6,8,11-12,14H,3,5,7,9-10H2,1-2H3,(H,21,22)(H4,17,18,20)/t12-,14-/m1/s1. The van der Waals surface area contributed by atoms with E-state index >= 15 is 0 Å². The number of carbonyl (C=O) groups excluding carboxylic acids is 1. The van der Waals surface area contributed by atoms with Gasteiger partial charge in [-0.05, 0) is 37.3 Å². The molecule has 0 fully saturated rings. The highest BCUT2D eigenvalue weighted by atomic mass is 16.1. The van der Waals surface area contributed by atoms with Crippen LogP contribution in [0.15, 0.2) is 24.5 Å². The van der Waals surface area contributed by atoms with Crippen molar-refractivity contribution in [3.05, 3.63) is 30.1 Å². The monoisotopic (exact) mass is 305 g/mol. The lowest BCUT2D eigenvalue weighted by Crippen LogP contribution is -2.39. The molecule has 6 heteroatoms. The summed E-state index contributed by atoms with van der Waals surface area (Å²) in [6.07, 6.45) is 6.87. The Morgan fingerprint density at radius 1 is 1.50 bits per heavy atom. The molecule has 0 aliphatic rings. The number of aromatic nitrogens is 1. The third kappa shape index (κ3) is 7.06. The molecule has 0 aliphatic heterocycles. The zero-order valence-electron chi connectivity index (χ0n) is 13.4. The van der Waals surface area contributed by atoms with Crippen molar-refractivity contribution in [3.63, 3.8) is 0 Å². The van der Waals surface area contributed by atoms with Gasteiger partial charge in [-0.25, -0.2) is 0 Å². The van der Waals surface area contributed by atoms with Crippen molar-refractivity contribution in [2.75, 3.05) is 6.54 Å². The third-order valence-corrected chi connectivity index (χ3v) is 3.60. The summed E-state index contributed by atoms with van der Waals surface area (Å²) in [5.41, 5.74) is 6.31. The maximum atomic E-state index is 12.3. The van der Waals surface area contributed by atoms with Gasteiger partial charge in [0.1, 0.15) is 0 Å². The van der Waals surface area contributed by atoms with E-state index < -0.39 is 0 Å². The number of amides is 1. The van der Waals surface area contributed by atoms with Gasteiger partial charge < -0.3 is 16.4 Å². The number of rotatable bonds is 9. The highest BCUT2D eigenvalue weighted by Crippen LogP contribution is 2.09. The van der Waals surface area contributed by atoms with Crippen LogP contribution in [0.5, 0.6) is 0 Å². The molecule has 0 saturated carbocycles. The van der Waals surface area contributed by atoms with E-state index in [1.54, 1.807) is 12.4 Å². The summed E-state index contributed by atoms with van der Waals surface area (Å²) < 4.78 is 0. The molecule has 1 aromatic rings. The van der Waals surface area contributed by atoms with Crippen molar-refractivity contribution in [1.82, 2.24) is 15.6 Å². The molecule has 22 heavy (non-hydrogen) atoms. The highest BCUT2D eigenvalue weighted by molar-refractivity contribution is 5.78. The first-order valence-corrected chi connectivity index (χ1v) is 7.80. The van der Waals surface area contributed by atoms with Crippen molar-refractivity contribution in [1.29, 1.82) is 5.41 Å². The predicted octanol–water partition coefficient (Wildman–Crippen LogP) is 1.42. The fraction of sp³-hybridized carbons (Fsp3) is 0.562. The lowest BCUT2D eigenvalue weighted by molar-refractivity contribution is -0.125. The number of hydrogen-bond acceptors (Lipinski definition) is 3. The van der Waals surface area contributed by atoms with Crippen molar-refractivity contribution in [3.8, 4) is 0 Å². The van der Waals surface area contributed by atoms with Crippen LogP contribution in [0.4, 0.5) is 0 Å². The summed E-state index contributed by atoms with van der Waals surface area (Å²) in [4.78, 5) is 16.3. The van der Waals surface area contributed by atoms with Gasteiger partial charge in [0.25, 0.3) is 0 Å². The first-order chi connectivity index (χ1) is 10.5. The fourth-order valence-electron chi connectivity index (χ4n) is 2.26. The molecule has 0 saturated heterocycles. The maximum Gasteiger partial charge on any atom is 0.223 e. The SMILES string of the molecule is CC[C@H](CCCNC(=N)N)NC(=O)[C@H](C)Cc1cccnc1. The molecule has 2 atom stereocenters. The zero-order valence-corrected chi connectivity index (χ0v) is 13.4. The Balaban J connectivity index is 2.35. The molecule has 0 aromatic carbocycles. The lowest BCUT2D eigenvalue weighted by Gasteiger charge is -2.20. The van der Waals surface area contributed by atoms with E-state index in [-0.39, 0.29) is 23.8 Å². The normalized spacial score (nSPS) is 13.2. The number of nitrogens with one attached hydrogen (secondary N) is 3. The summed E-state index contributed by atoms with van der Waals surface area (Å²) in [6, 6.07) is 4.04. The quantitative estimate of drug-likeness (QED) is 0.314. The minimum absolute atomic E-state index is 0.0119. The minimum atomic E-state index is -0.0754. The van der Waals surface area contributed by atoms with Crippen LogP contribution < -0.4 is 16.4 Å². The maximum absolute atomic E-state index is 12.3. The van der Waals surface area contributed by atoms with Crippen molar-refractivity contribution >= 4 is 11.9 Å². The van der Waals surface area contributed by atoms with Gasteiger partial charge in [0.2, 0.25) is 5.91 Å². The van der Waals surface area contributed by atoms with Crippen LogP contribution in [-0.2, 0) is 11.2 Å². The molecule has 1 amide bonds. The Hall–Kier alpha value is -2.11. The molecular weight excluding hydrogens is 278 g/mol. The number of pyridine rings is 1. The van der Waals surface area contributed by atoms with Crippen LogP contribution in [0.2, 0.25) is 0 Å². The predicted molar refractivity (Wildman–Crippen MR) is 88.5 cm³/mol. The molecule has 0 bridgehead atoms. The summed E-state index contributed by atoms with van der Waals surface area (Å²) in [7, 11) is 0. The Morgan fingerprint density at radius 3 is 2.86 bits per heavy atom. The average molecular weight is 305 g/mol. The summed E-state index contributed by atoms with van der Waals surface area (Å²) in [5, 5.41) is 13.0. The number of nitrogens with zero attached hydrogens (tertiary/aromatic N) is 1. The molecule has 122 valence electrons. The van der Waals surface area contributed by atoms with Crippen LogP contribution in [-0.4, -0.2) is 29.4 Å². The van der Waals surface area contributed by atoms with Crippen molar-refractivity contribution in [2.45, 2.75) is 45.6 Å². The average Bonchev–Trinajstić information content (AvgIpc) is 2.50. The summed E-state index contributed by atoms with van der Waals surface area (Å²) in [6.45, 7) is 4.66. The highest BCUT2D eigenvalue weighted by Gasteiger charge is 2.17. The number of guanidine groups is 1. The molecule has 5 N–H and O–H groups in total. The first kappa shape index (κ1) is 17.9. The molecule has 6 nitrogen and oxygen atoms in total. The van der Waals surface area contributed by atoms with Gasteiger partial charge in [0.05, 0.1) is 0 Å².